The molecule has 1 aromatic carbocycles. The van der Waals surface area contributed by atoms with Gasteiger partial charge in [0.15, 0.2) is 0 Å². The Morgan fingerprint density at radius 1 is 1.07 bits per heavy atom. The molecule has 1 heterocycles. The molecule has 0 unspecified atom stereocenters. The van der Waals surface area contributed by atoms with Gasteiger partial charge < -0.3 is 10.2 Å². The van der Waals surface area contributed by atoms with Crippen molar-refractivity contribution in [2.24, 2.45) is 0 Å². The zero-order valence-electron chi connectivity index (χ0n) is 17.1. The van der Waals surface area contributed by atoms with Gasteiger partial charge in [-0.1, -0.05) is 33.1 Å². The molecule has 1 aromatic rings. The Kier molecular flexibility index (Phi) is 6.99. The summed E-state index contributed by atoms with van der Waals surface area (Å²) in [5, 5.41) is 3.16. The van der Waals surface area contributed by atoms with Crippen LogP contribution >= 0.6 is 0 Å². The fraction of sp³-hybridized carbons (Fsp3) is 0.667. The number of benzene rings is 1. The van der Waals surface area contributed by atoms with Crippen molar-refractivity contribution in [3.8, 4) is 0 Å². The summed E-state index contributed by atoms with van der Waals surface area (Å²) in [5.41, 5.74) is 1.34. The van der Waals surface area contributed by atoms with Gasteiger partial charge in [0.2, 0.25) is 10.0 Å². The fourth-order valence-corrected chi connectivity index (χ4v) is 5.80. The number of sulfonamides is 1. The van der Waals surface area contributed by atoms with E-state index in [-0.39, 0.29) is 16.8 Å². The van der Waals surface area contributed by atoms with Gasteiger partial charge in [-0.15, -0.1) is 0 Å². The van der Waals surface area contributed by atoms with E-state index in [0.29, 0.717) is 18.7 Å². The zero-order chi connectivity index (χ0) is 20.1. The molecule has 1 saturated heterocycles. The van der Waals surface area contributed by atoms with E-state index in [1.54, 1.807) is 12.1 Å². The second-order valence-corrected chi connectivity index (χ2v) is 9.71. The zero-order valence-corrected chi connectivity index (χ0v) is 17.9. The average molecular weight is 408 g/mol. The molecule has 0 atom stereocenters. The molecule has 0 radical (unpaired) electrons. The highest BCUT2D eigenvalue weighted by molar-refractivity contribution is 7.89. The van der Waals surface area contributed by atoms with Gasteiger partial charge in [-0.3, -0.25) is 4.79 Å². The molecule has 1 N–H and O–H groups in total. The Bertz CT molecular complexity index is 778. The number of nitrogens with one attached hydrogen (secondary N) is 1. The lowest BCUT2D eigenvalue weighted by atomic mass is 9.95. The molecule has 2 aliphatic rings. The third kappa shape index (κ3) is 4.51. The summed E-state index contributed by atoms with van der Waals surface area (Å²) in [7, 11) is -3.60. The molecule has 0 aromatic heterocycles. The van der Waals surface area contributed by atoms with Crippen LogP contribution in [0.25, 0.3) is 0 Å². The summed E-state index contributed by atoms with van der Waals surface area (Å²) in [6.07, 6.45) is 7.71. The standard InChI is InChI=1S/C21H33N3O3S/c1-3-24(4-2)28(26,27)18-12-13-20(23-14-8-9-15-23)19(16-18)21(25)22-17-10-6-5-7-11-17/h12-13,16-17H,3-11,14-15H2,1-2H3,(H,22,25). The first-order valence-corrected chi connectivity index (χ1v) is 12.1. The molecule has 1 aliphatic carbocycles. The van der Waals surface area contributed by atoms with Gasteiger partial charge in [-0.25, -0.2) is 8.42 Å². The maximum atomic E-state index is 13.1. The summed E-state index contributed by atoms with van der Waals surface area (Å²) in [5.74, 6) is -0.148. The topological polar surface area (TPSA) is 69.7 Å². The first-order chi connectivity index (χ1) is 13.5. The molecule has 28 heavy (non-hydrogen) atoms. The second kappa shape index (κ2) is 9.27. The minimum Gasteiger partial charge on any atom is -0.371 e. The molecule has 0 spiro atoms. The quantitative estimate of drug-likeness (QED) is 0.752. The van der Waals surface area contributed by atoms with E-state index in [9.17, 15) is 13.2 Å². The van der Waals surface area contributed by atoms with Crippen LogP contribution in [0, 0.1) is 0 Å². The van der Waals surface area contributed by atoms with Crippen LogP contribution in [0.4, 0.5) is 5.69 Å². The molecule has 6 nitrogen and oxygen atoms in total. The van der Waals surface area contributed by atoms with Crippen molar-refractivity contribution in [3.05, 3.63) is 23.8 Å². The van der Waals surface area contributed by atoms with Crippen LogP contribution in [-0.4, -0.2) is 50.9 Å². The third-order valence-corrected chi connectivity index (χ3v) is 7.99. The summed E-state index contributed by atoms with van der Waals surface area (Å²) in [4.78, 5) is 15.5. The fourth-order valence-electron chi connectivity index (χ4n) is 4.31. The van der Waals surface area contributed by atoms with Crippen molar-refractivity contribution in [2.75, 3.05) is 31.1 Å². The highest BCUT2D eigenvalue weighted by atomic mass is 32.2. The molecule has 3 rings (SSSR count). The predicted molar refractivity (Wildman–Crippen MR) is 112 cm³/mol. The molecule has 7 heteroatoms. The Labute approximate surface area is 169 Å². The van der Waals surface area contributed by atoms with Crippen molar-refractivity contribution in [2.45, 2.75) is 69.7 Å². The lowest BCUT2D eigenvalue weighted by molar-refractivity contribution is 0.0928. The van der Waals surface area contributed by atoms with E-state index >= 15 is 0 Å². The maximum Gasteiger partial charge on any atom is 0.253 e. The number of hydrogen-bond donors (Lipinski definition) is 1. The first kappa shape index (κ1) is 21.1. The van der Waals surface area contributed by atoms with Crippen molar-refractivity contribution in [1.29, 1.82) is 0 Å². The van der Waals surface area contributed by atoms with E-state index < -0.39 is 10.0 Å². The Morgan fingerprint density at radius 3 is 2.32 bits per heavy atom. The molecule has 0 bridgehead atoms. The molecule has 1 saturated carbocycles. The third-order valence-electron chi connectivity index (χ3n) is 5.94. The number of rotatable bonds is 7. The molecule has 1 amide bonds. The molecule has 156 valence electrons. The van der Waals surface area contributed by atoms with Crippen LogP contribution in [0.3, 0.4) is 0 Å². The normalized spacial score (nSPS) is 18.6. The molecule has 2 fully saturated rings. The predicted octanol–water partition coefficient (Wildman–Crippen LogP) is 3.38. The Morgan fingerprint density at radius 2 is 1.71 bits per heavy atom. The van der Waals surface area contributed by atoms with E-state index in [4.69, 9.17) is 0 Å². The lowest BCUT2D eigenvalue weighted by Gasteiger charge is -2.26. The smallest absolute Gasteiger partial charge is 0.253 e. The number of nitrogens with zero attached hydrogens (tertiary/aromatic N) is 2. The van der Waals surface area contributed by atoms with Gasteiger partial charge in [-0.2, -0.15) is 4.31 Å². The van der Waals surface area contributed by atoms with E-state index in [1.165, 1.54) is 10.7 Å². The average Bonchev–Trinajstić information content (AvgIpc) is 3.23. The van der Waals surface area contributed by atoms with Crippen LogP contribution in [0.15, 0.2) is 23.1 Å². The van der Waals surface area contributed by atoms with Crippen molar-refractivity contribution in [1.82, 2.24) is 9.62 Å². The number of amides is 1. The summed E-state index contributed by atoms with van der Waals surface area (Å²) < 4.78 is 27.4. The number of carbonyl (C=O) groups excluding carboxylic acids is 1. The highest BCUT2D eigenvalue weighted by Crippen LogP contribution is 2.29. The van der Waals surface area contributed by atoms with Crippen molar-refractivity contribution >= 4 is 21.6 Å². The highest BCUT2D eigenvalue weighted by Gasteiger charge is 2.27. The SMILES string of the molecule is CCN(CC)S(=O)(=O)c1ccc(N2CCCC2)c(C(=O)NC2CCCCC2)c1. The first-order valence-electron chi connectivity index (χ1n) is 10.7. The number of anilines is 1. The van der Waals surface area contributed by atoms with Gasteiger partial charge in [0.05, 0.1) is 10.5 Å². The van der Waals surface area contributed by atoms with E-state index in [0.717, 1.165) is 57.3 Å². The van der Waals surface area contributed by atoms with Crippen LogP contribution in [0.2, 0.25) is 0 Å². The summed E-state index contributed by atoms with van der Waals surface area (Å²) in [6, 6.07) is 5.24. The largest absolute Gasteiger partial charge is 0.371 e. The molecular weight excluding hydrogens is 374 g/mol. The van der Waals surface area contributed by atoms with Crippen LogP contribution in [0.5, 0.6) is 0 Å². The van der Waals surface area contributed by atoms with E-state index in [1.807, 2.05) is 19.9 Å². The lowest BCUT2D eigenvalue weighted by Crippen LogP contribution is -2.37. The second-order valence-electron chi connectivity index (χ2n) is 7.77. The minimum absolute atomic E-state index is 0.148. The summed E-state index contributed by atoms with van der Waals surface area (Å²) in [6.45, 7) is 6.30. The van der Waals surface area contributed by atoms with Crippen LogP contribution < -0.4 is 10.2 Å². The van der Waals surface area contributed by atoms with Gasteiger partial charge in [-0.05, 0) is 43.9 Å². The van der Waals surface area contributed by atoms with Crippen molar-refractivity contribution in [3.63, 3.8) is 0 Å². The Hall–Kier alpha value is -1.60. The van der Waals surface area contributed by atoms with Gasteiger partial charge in [0.1, 0.15) is 0 Å². The van der Waals surface area contributed by atoms with Crippen LogP contribution in [-0.2, 0) is 10.0 Å². The number of carbonyl (C=O) groups is 1. The minimum atomic E-state index is -3.60. The van der Waals surface area contributed by atoms with Gasteiger partial charge in [0, 0.05) is 37.9 Å². The molecule has 1 aliphatic heterocycles. The summed E-state index contributed by atoms with van der Waals surface area (Å²) >= 11 is 0. The Balaban J connectivity index is 1.94. The molecular formula is C21H33N3O3S. The van der Waals surface area contributed by atoms with Crippen molar-refractivity contribution < 1.29 is 13.2 Å². The van der Waals surface area contributed by atoms with Crippen LogP contribution in [0.1, 0.15) is 69.2 Å². The van der Waals surface area contributed by atoms with Gasteiger partial charge in [0.25, 0.3) is 5.91 Å². The number of hydrogen-bond acceptors (Lipinski definition) is 4. The maximum absolute atomic E-state index is 13.1. The monoisotopic (exact) mass is 407 g/mol. The van der Waals surface area contributed by atoms with E-state index in [2.05, 4.69) is 10.2 Å². The van der Waals surface area contributed by atoms with Gasteiger partial charge >= 0.3 is 0 Å².